The number of carbonyl (C=O) groups excluding carboxylic acids is 1. The number of sulfone groups is 1. The van der Waals surface area contributed by atoms with Gasteiger partial charge in [-0.3, -0.25) is 4.79 Å². The first kappa shape index (κ1) is 15.5. The van der Waals surface area contributed by atoms with Crippen molar-refractivity contribution < 1.29 is 13.2 Å². The lowest BCUT2D eigenvalue weighted by Gasteiger charge is -2.30. The monoisotopic (exact) mass is 359 g/mol. The molecular weight excluding hydrogens is 342 g/mol. The van der Waals surface area contributed by atoms with Crippen LogP contribution in [-0.4, -0.2) is 38.1 Å². The second-order valence-corrected chi connectivity index (χ2v) is 8.09. The summed E-state index contributed by atoms with van der Waals surface area (Å²) in [5.41, 5.74) is 0. The summed E-state index contributed by atoms with van der Waals surface area (Å²) < 4.78 is 25.1. The van der Waals surface area contributed by atoms with E-state index in [1.165, 1.54) is 6.07 Å². The van der Waals surface area contributed by atoms with Crippen LogP contribution in [0.4, 0.5) is 0 Å². The molecule has 1 unspecified atom stereocenters. The van der Waals surface area contributed by atoms with Crippen LogP contribution in [0.2, 0.25) is 0 Å². The van der Waals surface area contributed by atoms with Gasteiger partial charge in [-0.05, 0) is 46.8 Å². The summed E-state index contributed by atoms with van der Waals surface area (Å²) in [6, 6.07) is 6.59. The van der Waals surface area contributed by atoms with Gasteiger partial charge in [0, 0.05) is 17.6 Å². The zero-order chi connectivity index (χ0) is 14.8. The summed E-state index contributed by atoms with van der Waals surface area (Å²) in [4.78, 5) is 14.0. The van der Waals surface area contributed by atoms with Gasteiger partial charge in [-0.1, -0.05) is 19.1 Å². The Morgan fingerprint density at radius 2 is 2.10 bits per heavy atom. The second kappa shape index (κ2) is 6.26. The van der Waals surface area contributed by atoms with Crippen molar-refractivity contribution in [3.63, 3.8) is 0 Å². The maximum Gasteiger partial charge on any atom is 0.238 e. The van der Waals surface area contributed by atoms with E-state index in [9.17, 15) is 13.2 Å². The van der Waals surface area contributed by atoms with E-state index >= 15 is 0 Å². The maximum absolute atomic E-state index is 12.3. The van der Waals surface area contributed by atoms with Gasteiger partial charge in [0.2, 0.25) is 5.91 Å². The molecule has 1 atom stereocenters. The third-order valence-corrected chi connectivity index (χ3v) is 6.10. The van der Waals surface area contributed by atoms with Gasteiger partial charge < -0.3 is 4.90 Å². The summed E-state index contributed by atoms with van der Waals surface area (Å²) in [5.74, 6) is -0.311. The van der Waals surface area contributed by atoms with Crippen LogP contribution in [0.1, 0.15) is 19.8 Å². The molecule has 0 bridgehead atoms. The van der Waals surface area contributed by atoms with Crippen LogP contribution in [0.5, 0.6) is 0 Å². The van der Waals surface area contributed by atoms with Crippen molar-refractivity contribution >= 4 is 31.7 Å². The van der Waals surface area contributed by atoms with Gasteiger partial charge in [-0.2, -0.15) is 0 Å². The van der Waals surface area contributed by atoms with Gasteiger partial charge in [-0.15, -0.1) is 0 Å². The minimum absolute atomic E-state index is 0.179. The molecule has 6 heteroatoms. The average Bonchev–Trinajstić information content (AvgIpc) is 2.38. The maximum atomic E-state index is 12.3. The Morgan fingerprint density at radius 3 is 2.75 bits per heavy atom. The van der Waals surface area contributed by atoms with Crippen LogP contribution in [0.3, 0.4) is 0 Å². The van der Waals surface area contributed by atoms with Crippen LogP contribution in [0.25, 0.3) is 0 Å². The van der Waals surface area contributed by atoms with E-state index in [0.29, 0.717) is 23.5 Å². The molecule has 1 aliphatic rings. The topological polar surface area (TPSA) is 54.5 Å². The summed E-state index contributed by atoms with van der Waals surface area (Å²) >= 11 is 3.22. The van der Waals surface area contributed by atoms with Crippen molar-refractivity contribution in [3.8, 4) is 0 Å². The molecule has 0 saturated carbocycles. The van der Waals surface area contributed by atoms with E-state index < -0.39 is 15.6 Å². The molecule has 0 radical (unpaired) electrons. The number of hydrogen-bond donors (Lipinski definition) is 0. The lowest BCUT2D eigenvalue weighted by atomic mass is 10.0. The number of carbonyl (C=O) groups is 1. The molecule has 0 aromatic heterocycles. The third kappa shape index (κ3) is 3.61. The fraction of sp³-hybridized carbons (Fsp3) is 0.500. The lowest BCUT2D eigenvalue weighted by molar-refractivity contribution is -0.130. The minimum Gasteiger partial charge on any atom is -0.342 e. The highest BCUT2D eigenvalue weighted by molar-refractivity contribution is 9.10. The van der Waals surface area contributed by atoms with Crippen molar-refractivity contribution in [2.75, 3.05) is 18.8 Å². The van der Waals surface area contributed by atoms with Crippen molar-refractivity contribution in [1.29, 1.82) is 0 Å². The molecule has 1 aromatic carbocycles. The molecule has 1 saturated heterocycles. The number of piperidine rings is 1. The fourth-order valence-corrected chi connectivity index (χ4v) is 4.78. The average molecular weight is 360 g/mol. The molecule has 2 rings (SSSR count). The fourth-order valence-electron chi connectivity index (χ4n) is 2.44. The molecular formula is C14H18BrNO3S. The smallest absolute Gasteiger partial charge is 0.238 e. The Labute approximate surface area is 128 Å². The largest absolute Gasteiger partial charge is 0.342 e. The first-order valence-corrected chi connectivity index (χ1v) is 9.10. The zero-order valence-electron chi connectivity index (χ0n) is 11.4. The van der Waals surface area contributed by atoms with Gasteiger partial charge in [-0.25, -0.2) is 8.42 Å². The highest BCUT2D eigenvalue weighted by Gasteiger charge is 2.27. The number of rotatable bonds is 3. The standard InChI is InChI=1S/C14H18BrNO3S/c1-11-5-4-8-16(9-11)14(17)10-20(18,19)13-7-3-2-6-12(13)15/h2-3,6-7,11H,4-5,8-10H2,1H3. The summed E-state index contributed by atoms with van der Waals surface area (Å²) in [6.45, 7) is 3.40. The van der Waals surface area contributed by atoms with Crippen molar-refractivity contribution in [1.82, 2.24) is 4.90 Å². The van der Waals surface area contributed by atoms with Crippen molar-refractivity contribution in [2.45, 2.75) is 24.7 Å². The second-order valence-electron chi connectivity index (χ2n) is 5.28. The quantitative estimate of drug-likeness (QED) is 0.832. The highest BCUT2D eigenvalue weighted by Crippen LogP contribution is 2.23. The number of likely N-dealkylation sites (tertiary alicyclic amines) is 1. The SMILES string of the molecule is CC1CCCN(C(=O)CS(=O)(=O)c2ccccc2Br)C1. The predicted octanol–water partition coefficient (Wildman–Crippen LogP) is 2.48. The van der Waals surface area contributed by atoms with E-state index in [1.54, 1.807) is 23.1 Å². The Hall–Kier alpha value is -0.880. The Bertz CT molecular complexity index is 600. The molecule has 20 heavy (non-hydrogen) atoms. The summed E-state index contributed by atoms with van der Waals surface area (Å²) in [7, 11) is -3.60. The van der Waals surface area contributed by atoms with Gasteiger partial charge in [0.25, 0.3) is 0 Å². The number of amides is 1. The highest BCUT2D eigenvalue weighted by atomic mass is 79.9. The Morgan fingerprint density at radius 1 is 1.40 bits per heavy atom. The van der Waals surface area contributed by atoms with E-state index in [2.05, 4.69) is 22.9 Å². The van der Waals surface area contributed by atoms with Crippen LogP contribution < -0.4 is 0 Å². The van der Waals surface area contributed by atoms with E-state index in [-0.39, 0.29) is 10.8 Å². The lowest BCUT2D eigenvalue weighted by Crippen LogP contribution is -2.42. The third-order valence-electron chi connectivity index (χ3n) is 3.49. The minimum atomic E-state index is -3.60. The molecule has 1 aromatic rings. The molecule has 1 heterocycles. The number of hydrogen-bond acceptors (Lipinski definition) is 3. The van der Waals surface area contributed by atoms with E-state index in [0.717, 1.165) is 12.8 Å². The molecule has 110 valence electrons. The molecule has 0 spiro atoms. The van der Waals surface area contributed by atoms with E-state index in [4.69, 9.17) is 0 Å². The number of nitrogens with zero attached hydrogens (tertiary/aromatic N) is 1. The van der Waals surface area contributed by atoms with E-state index in [1.807, 2.05) is 0 Å². The Kier molecular flexibility index (Phi) is 4.86. The first-order chi connectivity index (χ1) is 9.40. The van der Waals surface area contributed by atoms with Crippen LogP contribution in [-0.2, 0) is 14.6 Å². The summed E-state index contributed by atoms with van der Waals surface area (Å²) in [5, 5.41) is 0. The normalized spacial score (nSPS) is 19.9. The van der Waals surface area contributed by atoms with Gasteiger partial charge in [0.1, 0.15) is 5.75 Å². The molecule has 0 N–H and O–H groups in total. The van der Waals surface area contributed by atoms with Crippen molar-refractivity contribution in [3.05, 3.63) is 28.7 Å². The van der Waals surface area contributed by atoms with Gasteiger partial charge in [0.05, 0.1) is 4.90 Å². The molecule has 1 aliphatic heterocycles. The number of benzene rings is 1. The van der Waals surface area contributed by atoms with Gasteiger partial charge in [0.15, 0.2) is 9.84 Å². The van der Waals surface area contributed by atoms with Crippen molar-refractivity contribution in [2.24, 2.45) is 5.92 Å². The van der Waals surface area contributed by atoms with Crippen LogP contribution in [0, 0.1) is 5.92 Å². The first-order valence-electron chi connectivity index (χ1n) is 6.65. The summed E-state index contributed by atoms with van der Waals surface area (Å²) in [6.07, 6.45) is 2.04. The zero-order valence-corrected chi connectivity index (χ0v) is 13.8. The van der Waals surface area contributed by atoms with Gasteiger partial charge >= 0.3 is 0 Å². The molecule has 1 amide bonds. The Balaban J connectivity index is 2.12. The predicted molar refractivity (Wildman–Crippen MR) is 81.2 cm³/mol. The number of halogens is 1. The molecule has 1 fully saturated rings. The van der Waals surface area contributed by atoms with Crippen LogP contribution >= 0.6 is 15.9 Å². The molecule has 0 aliphatic carbocycles. The van der Waals surface area contributed by atoms with Crippen LogP contribution in [0.15, 0.2) is 33.6 Å². The molecule has 4 nitrogen and oxygen atoms in total.